The quantitative estimate of drug-likeness (QED) is 0.933. The second kappa shape index (κ2) is 4.74. The van der Waals surface area contributed by atoms with E-state index in [1.165, 1.54) is 23.5 Å². The molecule has 3 nitrogen and oxygen atoms in total. The first-order valence-corrected chi connectivity index (χ1v) is 6.61. The predicted octanol–water partition coefficient (Wildman–Crippen LogP) is 3.61. The van der Waals surface area contributed by atoms with E-state index >= 15 is 0 Å². The average Bonchev–Trinajstić information content (AvgIpc) is 2.72. The maximum absolute atomic E-state index is 13.0. The van der Waals surface area contributed by atoms with E-state index in [0.29, 0.717) is 10.7 Å². The van der Waals surface area contributed by atoms with Crippen molar-refractivity contribution in [1.82, 2.24) is 4.98 Å². The highest BCUT2D eigenvalue weighted by molar-refractivity contribution is 7.13. The molecule has 0 atom stereocenters. The summed E-state index contributed by atoms with van der Waals surface area (Å²) in [4.78, 5) is 15.7. The van der Waals surface area contributed by atoms with Crippen molar-refractivity contribution in [1.29, 1.82) is 0 Å². The van der Waals surface area contributed by atoms with Crippen molar-refractivity contribution in [3.8, 4) is 0 Å². The van der Waals surface area contributed by atoms with Crippen LogP contribution in [0.1, 0.15) is 39.8 Å². The maximum atomic E-state index is 13.0. The first-order chi connectivity index (χ1) is 8.82. The smallest absolute Gasteiger partial charge is 0.347 e. The third kappa shape index (κ3) is 2.51. The third-order valence-electron chi connectivity index (χ3n) is 3.09. The Hall–Kier alpha value is -1.75. The minimum Gasteiger partial charge on any atom is -0.477 e. The highest BCUT2D eigenvalue weighted by atomic mass is 32.1. The van der Waals surface area contributed by atoms with Crippen molar-refractivity contribution in [2.75, 3.05) is 0 Å². The molecule has 19 heavy (non-hydrogen) atoms. The fourth-order valence-electron chi connectivity index (χ4n) is 1.85. The molecule has 5 heteroatoms. The number of halogens is 1. The van der Waals surface area contributed by atoms with Crippen LogP contribution in [-0.4, -0.2) is 16.1 Å². The molecule has 2 rings (SSSR count). The first kappa shape index (κ1) is 13.7. The second-order valence-electron chi connectivity index (χ2n) is 4.87. The molecule has 0 amide bonds. The van der Waals surface area contributed by atoms with Gasteiger partial charge in [0.1, 0.15) is 15.7 Å². The van der Waals surface area contributed by atoms with Gasteiger partial charge in [0, 0.05) is 5.41 Å². The van der Waals surface area contributed by atoms with Gasteiger partial charge < -0.3 is 5.11 Å². The van der Waals surface area contributed by atoms with E-state index in [-0.39, 0.29) is 10.7 Å². The van der Waals surface area contributed by atoms with Crippen LogP contribution in [-0.2, 0) is 5.41 Å². The van der Waals surface area contributed by atoms with Gasteiger partial charge in [-0.15, -0.1) is 11.3 Å². The van der Waals surface area contributed by atoms with Crippen LogP contribution >= 0.6 is 11.3 Å². The van der Waals surface area contributed by atoms with Crippen molar-refractivity contribution in [2.45, 2.75) is 26.2 Å². The molecule has 1 aromatic heterocycles. The minimum atomic E-state index is -0.962. The molecule has 0 aliphatic rings. The van der Waals surface area contributed by atoms with Gasteiger partial charge in [-0.2, -0.15) is 0 Å². The van der Waals surface area contributed by atoms with E-state index in [9.17, 15) is 9.18 Å². The fraction of sp³-hybridized carbons (Fsp3) is 0.286. The SMILES string of the molecule is Cc1nc(C(C)(C)c2ccc(F)cc2)sc1C(=O)O. The van der Waals surface area contributed by atoms with Crippen molar-refractivity contribution in [3.05, 3.63) is 51.2 Å². The van der Waals surface area contributed by atoms with Crippen LogP contribution in [0.25, 0.3) is 0 Å². The Morgan fingerprint density at radius 2 is 1.89 bits per heavy atom. The largest absolute Gasteiger partial charge is 0.477 e. The van der Waals surface area contributed by atoms with Gasteiger partial charge in [-0.25, -0.2) is 14.2 Å². The van der Waals surface area contributed by atoms with Crippen LogP contribution in [0.15, 0.2) is 24.3 Å². The molecular weight excluding hydrogens is 265 g/mol. The number of carboxylic acid groups (broad SMARTS) is 1. The van der Waals surface area contributed by atoms with Gasteiger partial charge in [0.05, 0.1) is 5.69 Å². The van der Waals surface area contributed by atoms with Crippen molar-refractivity contribution in [3.63, 3.8) is 0 Å². The number of hydrogen-bond donors (Lipinski definition) is 1. The van der Waals surface area contributed by atoms with Crippen molar-refractivity contribution >= 4 is 17.3 Å². The van der Waals surface area contributed by atoms with E-state index in [0.717, 1.165) is 5.56 Å². The Bertz CT molecular complexity index is 617. The molecule has 0 spiro atoms. The lowest BCUT2D eigenvalue weighted by atomic mass is 9.85. The number of carboxylic acids is 1. The van der Waals surface area contributed by atoms with Crippen LogP contribution in [0.5, 0.6) is 0 Å². The molecule has 0 fully saturated rings. The summed E-state index contributed by atoms with van der Waals surface area (Å²) in [7, 11) is 0. The van der Waals surface area contributed by atoms with Gasteiger partial charge >= 0.3 is 5.97 Å². The Morgan fingerprint density at radius 3 is 2.37 bits per heavy atom. The van der Waals surface area contributed by atoms with E-state index in [4.69, 9.17) is 5.11 Å². The number of benzene rings is 1. The molecule has 2 aromatic rings. The topological polar surface area (TPSA) is 50.2 Å². The summed E-state index contributed by atoms with van der Waals surface area (Å²) in [6, 6.07) is 6.20. The van der Waals surface area contributed by atoms with Gasteiger partial charge in [-0.1, -0.05) is 12.1 Å². The van der Waals surface area contributed by atoms with Crippen LogP contribution in [0.3, 0.4) is 0 Å². The summed E-state index contributed by atoms with van der Waals surface area (Å²) in [5, 5.41) is 9.79. The van der Waals surface area contributed by atoms with Gasteiger partial charge in [0.15, 0.2) is 0 Å². The van der Waals surface area contributed by atoms with Crippen LogP contribution in [0, 0.1) is 12.7 Å². The van der Waals surface area contributed by atoms with Gasteiger partial charge in [0.2, 0.25) is 0 Å². The Morgan fingerprint density at radius 1 is 1.32 bits per heavy atom. The molecule has 0 bridgehead atoms. The summed E-state index contributed by atoms with van der Waals surface area (Å²) >= 11 is 1.17. The third-order valence-corrected chi connectivity index (χ3v) is 4.56. The highest BCUT2D eigenvalue weighted by Gasteiger charge is 2.29. The van der Waals surface area contributed by atoms with Crippen LogP contribution in [0.4, 0.5) is 4.39 Å². The first-order valence-electron chi connectivity index (χ1n) is 5.79. The van der Waals surface area contributed by atoms with E-state index < -0.39 is 11.4 Å². The van der Waals surface area contributed by atoms with Gasteiger partial charge in [-0.3, -0.25) is 0 Å². The van der Waals surface area contributed by atoms with E-state index in [1.54, 1.807) is 19.1 Å². The van der Waals surface area contributed by atoms with Gasteiger partial charge in [0.25, 0.3) is 0 Å². The summed E-state index contributed by atoms with van der Waals surface area (Å²) in [6.07, 6.45) is 0. The summed E-state index contributed by atoms with van der Waals surface area (Å²) in [5.41, 5.74) is 0.971. The number of thiazole rings is 1. The highest BCUT2D eigenvalue weighted by Crippen LogP contribution is 2.35. The molecule has 100 valence electrons. The average molecular weight is 279 g/mol. The minimum absolute atomic E-state index is 0.255. The number of hydrogen-bond acceptors (Lipinski definition) is 3. The fourth-order valence-corrected chi connectivity index (χ4v) is 2.88. The number of aromatic nitrogens is 1. The van der Waals surface area contributed by atoms with Crippen molar-refractivity contribution < 1.29 is 14.3 Å². The van der Waals surface area contributed by atoms with Crippen LogP contribution in [0.2, 0.25) is 0 Å². The molecule has 0 aliphatic carbocycles. The number of nitrogens with zero attached hydrogens (tertiary/aromatic N) is 1. The lowest BCUT2D eigenvalue weighted by molar-refractivity contribution is 0.0701. The Balaban J connectivity index is 2.47. The zero-order valence-electron chi connectivity index (χ0n) is 10.9. The zero-order valence-corrected chi connectivity index (χ0v) is 11.7. The second-order valence-corrected chi connectivity index (χ2v) is 5.87. The lowest BCUT2D eigenvalue weighted by Gasteiger charge is -2.22. The molecule has 0 aliphatic heterocycles. The number of aryl methyl sites for hydroxylation is 1. The van der Waals surface area contributed by atoms with Crippen LogP contribution < -0.4 is 0 Å². The Kier molecular flexibility index (Phi) is 3.41. The molecule has 1 aromatic carbocycles. The Labute approximate surface area is 114 Å². The lowest BCUT2D eigenvalue weighted by Crippen LogP contribution is -2.18. The monoisotopic (exact) mass is 279 g/mol. The van der Waals surface area contributed by atoms with E-state index in [2.05, 4.69) is 4.98 Å². The zero-order chi connectivity index (χ0) is 14.2. The summed E-state index contributed by atoms with van der Waals surface area (Å²) in [5.74, 6) is -1.25. The molecule has 0 saturated carbocycles. The predicted molar refractivity (Wildman–Crippen MR) is 72.3 cm³/mol. The molecule has 1 N–H and O–H groups in total. The van der Waals surface area contributed by atoms with Gasteiger partial charge in [-0.05, 0) is 38.5 Å². The number of aromatic carboxylic acids is 1. The normalized spacial score (nSPS) is 11.6. The molecule has 0 unspecified atom stereocenters. The standard InChI is InChI=1S/C14H14FNO2S/c1-8-11(12(17)18)19-13(16-8)14(2,3)9-4-6-10(15)7-5-9/h4-7H,1-3H3,(H,17,18). The van der Waals surface area contributed by atoms with Crippen molar-refractivity contribution in [2.24, 2.45) is 0 Å². The number of carbonyl (C=O) groups is 1. The van der Waals surface area contributed by atoms with E-state index in [1.807, 2.05) is 13.8 Å². The summed E-state index contributed by atoms with van der Waals surface area (Å²) in [6.45, 7) is 5.58. The maximum Gasteiger partial charge on any atom is 0.347 e. The molecule has 1 heterocycles. The molecule has 0 radical (unpaired) electrons. The number of rotatable bonds is 3. The summed E-state index contributed by atoms with van der Waals surface area (Å²) < 4.78 is 13.0. The molecular formula is C14H14FNO2S. The molecule has 0 saturated heterocycles.